The normalized spacial score (nSPS) is 10.6. The van der Waals surface area contributed by atoms with Gasteiger partial charge in [0.2, 0.25) is 0 Å². The highest BCUT2D eigenvalue weighted by Crippen LogP contribution is 2.15. The number of amides is 1. The van der Waals surface area contributed by atoms with Crippen LogP contribution in [0.1, 0.15) is 62.3 Å². The lowest BCUT2D eigenvalue weighted by atomic mass is 10.2. The van der Waals surface area contributed by atoms with Crippen LogP contribution < -0.4 is 16.6 Å². The van der Waals surface area contributed by atoms with Gasteiger partial charge in [-0.3, -0.25) is 10.6 Å². The van der Waals surface area contributed by atoms with Gasteiger partial charge >= 0.3 is 0 Å². The molecule has 0 aliphatic carbocycles. The SMILES string of the molecule is CCCCCNC(=O)c1nc(C(C)C)ncc1NN. The Kier molecular flexibility index (Phi) is 6.21. The summed E-state index contributed by atoms with van der Waals surface area (Å²) in [5.74, 6) is 5.97. The highest BCUT2D eigenvalue weighted by atomic mass is 16.1. The molecule has 19 heavy (non-hydrogen) atoms. The lowest BCUT2D eigenvalue weighted by molar-refractivity contribution is 0.0948. The van der Waals surface area contributed by atoms with E-state index in [1.807, 2.05) is 13.8 Å². The topological polar surface area (TPSA) is 92.9 Å². The fraction of sp³-hybridized carbons (Fsp3) is 0.615. The van der Waals surface area contributed by atoms with E-state index < -0.39 is 0 Å². The number of nitrogens with two attached hydrogens (primary N) is 1. The molecule has 0 spiro atoms. The number of hydrazine groups is 1. The molecular formula is C13H23N5O. The number of rotatable bonds is 7. The molecule has 1 aromatic heterocycles. The van der Waals surface area contributed by atoms with Crippen LogP contribution in [-0.4, -0.2) is 22.4 Å². The van der Waals surface area contributed by atoms with Gasteiger partial charge < -0.3 is 10.7 Å². The summed E-state index contributed by atoms with van der Waals surface area (Å²) in [6.45, 7) is 6.73. The second-order valence-corrected chi connectivity index (χ2v) is 4.75. The third-order valence-corrected chi connectivity index (χ3v) is 2.76. The summed E-state index contributed by atoms with van der Waals surface area (Å²) in [7, 11) is 0. The van der Waals surface area contributed by atoms with E-state index >= 15 is 0 Å². The van der Waals surface area contributed by atoms with Gasteiger partial charge in [-0.1, -0.05) is 33.6 Å². The molecule has 1 amide bonds. The van der Waals surface area contributed by atoms with Crippen molar-refractivity contribution in [2.24, 2.45) is 5.84 Å². The van der Waals surface area contributed by atoms with Gasteiger partial charge in [0.05, 0.1) is 11.9 Å². The minimum atomic E-state index is -0.214. The third kappa shape index (κ3) is 4.48. The smallest absolute Gasteiger partial charge is 0.272 e. The standard InChI is InChI=1S/C13H23N5O/c1-4-5-6-7-15-13(19)11-10(18-14)8-16-12(17-11)9(2)3/h8-9,18H,4-7,14H2,1-3H3,(H,15,19). The van der Waals surface area contributed by atoms with Crippen molar-refractivity contribution in [1.82, 2.24) is 15.3 Å². The first-order valence-electron chi connectivity index (χ1n) is 6.71. The molecule has 0 unspecified atom stereocenters. The maximum Gasteiger partial charge on any atom is 0.272 e. The summed E-state index contributed by atoms with van der Waals surface area (Å²) in [6.07, 6.45) is 4.73. The zero-order chi connectivity index (χ0) is 14.3. The largest absolute Gasteiger partial charge is 0.351 e. The van der Waals surface area contributed by atoms with Crippen molar-refractivity contribution in [3.8, 4) is 0 Å². The lowest BCUT2D eigenvalue weighted by Crippen LogP contribution is -2.28. The van der Waals surface area contributed by atoms with E-state index in [1.54, 1.807) is 6.20 Å². The molecule has 6 nitrogen and oxygen atoms in total. The molecule has 6 heteroatoms. The van der Waals surface area contributed by atoms with Crippen molar-refractivity contribution in [2.75, 3.05) is 12.0 Å². The average Bonchev–Trinajstić information content (AvgIpc) is 2.42. The van der Waals surface area contributed by atoms with Crippen molar-refractivity contribution < 1.29 is 4.79 Å². The van der Waals surface area contributed by atoms with E-state index in [1.165, 1.54) is 0 Å². The van der Waals surface area contributed by atoms with Crippen LogP contribution in [0.15, 0.2) is 6.20 Å². The molecule has 0 fully saturated rings. The van der Waals surface area contributed by atoms with Crippen LogP contribution in [-0.2, 0) is 0 Å². The Balaban J connectivity index is 2.78. The first-order valence-corrected chi connectivity index (χ1v) is 6.71. The van der Waals surface area contributed by atoms with Gasteiger partial charge in [0.25, 0.3) is 5.91 Å². The Morgan fingerprint density at radius 2 is 2.16 bits per heavy atom. The molecule has 106 valence electrons. The zero-order valence-electron chi connectivity index (χ0n) is 11.9. The van der Waals surface area contributed by atoms with E-state index in [9.17, 15) is 4.79 Å². The number of nitrogens with zero attached hydrogens (tertiary/aromatic N) is 2. The number of nitrogen functional groups attached to an aromatic ring is 1. The number of anilines is 1. The third-order valence-electron chi connectivity index (χ3n) is 2.76. The highest BCUT2D eigenvalue weighted by molar-refractivity contribution is 5.97. The van der Waals surface area contributed by atoms with Crippen molar-refractivity contribution in [2.45, 2.75) is 46.0 Å². The molecule has 0 aliphatic rings. The second kappa shape index (κ2) is 7.68. The Morgan fingerprint density at radius 1 is 1.42 bits per heavy atom. The van der Waals surface area contributed by atoms with Crippen molar-refractivity contribution in [3.05, 3.63) is 17.7 Å². The van der Waals surface area contributed by atoms with Gasteiger partial charge in [0.15, 0.2) is 5.69 Å². The van der Waals surface area contributed by atoms with E-state index in [0.29, 0.717) is 23.8 Å². The molecule has 1 aromatic rings. The Morgan fingerprint density at radius 3 is 2.74 bits per heavy atom. The predicted octanol–water partition coefficient (Wildman–Crippen LogP) is 1.81. The molecule has 0 aliphatic heterocycles. The zero-order valence-corrected chi connectivity index (χ0v) is 11.9. The van der Waals surface area contributed by atoms with E-state index in [-0.39, 0.29) is 11.8 Å². The summed E-state index contributed by atoms with van der Waals surface area (Å²) in [6, 6.07) is 0. The minimum Gasteiger partial charge on any atom is -0.351 e. The Labute approximate surface area is 114 Å². The minimum absolute atomic E-state index is 0.165. The van der Waals surface area contributed by atoms with Crippen LogP contribution >= 0.6 is 0 Å². The number of carbonyl (C=O) groups is 1. The van der Waals surface area contributed by atoms with Gasteiger partial charge in [0.1, 0.15) is 5.82 Å². The first-order chi connectivity index (χ1) is 9.10. The molecule has 1 rings (SSSR count). The molecule has 0 saturated carbocycles. The molecule has 0 aromatic carbocycles. The summed E-state index contributed by atoms with van der Waals surface area (Å²) in [5.41, 5.74) is 3.20. The Hall–Kier alpha value is -1.69. The lowest BCUT2D eigenvalue weighted by Gasteiger charge is -2.11. The van der Waals surface area contributed by atoms with Crippen LogP contribution in [0.3, 0.4) is 0 Å². The number of unbranched alkanes of at least 4 members (excludes halogenated alkanes) is 2. The summed E-state index contributed by atoms with van der Waals surface area (Å²) < 4.78 is 0. The van der Waals surface area contributed by atoms with Gasteiger partial charge in [-0.2, -0.15) is 0 Å². The van der Waals surface area contributed by atoms with Crippen molar-refractivity contribution in [1.29, 1.82) is 0 Å². The van der Waals surface area contributed by atoms with Crippen LogP contribution in [0.2, 0.25) is 0 Å². The molecule has 0 bridgehead atoms. The number of carbonyl (C=O) groups excluding carboxylic acids is 1. The fourth-order valence-electron chi connectivity index (χ4n) is 1.61. The molecule has 1 heterocycles. The van der Waals surface area contributed by atoms with Gasteiger partial charge in [-0.25, -0.2) is 9.97 Å². The molecule has 0 saturated heterocycles. The van der Waals surface area contributed by atoms with Gasteiger partial charge in [-0.05, 0) is 6.42 Å². The molecule has 0 radical (unpaired) electrons. The quantitative estimate of drug-likeness (QED) is 0.397. The summed E-state index contributed by atoms with van der Waals surface area (Å²) >= 11 is 0. The van der Waals surface area contributed by atoms with Crippen LogP contribution in [0.4, 0.5) is 5.69 Å². The predicted molar refractivity (Wildman–Crippen MR) is 75.8 cm³/mol. The fourth-order valence-corrected chi connectivity index (χ4v) is 1.61. The number of hydrogen-bond acceptors (Lipinski definition) is 5. The second-order valence-electron chi connectivity index (χ2n) is 4.75. The number of hydrogen-bond donors (Lipinski definition) is 3. The van der Waals surface area contributed by atoms with E-state index in [0.717, 1.165) is 19.3 Å². The maximum absolute atomic E-state index is 12.1. The van der Waals surface area contributed by atoms with Gasteiger partial charge in [0, 0.05) is 12.5 Å². The van der Waals surface area contributed by atoms with E-state index in [2.05, 4.69) is 27.6 Å². The maximum atomic E-state index is 12.1. The van der Waals surface area contributed by atoms with E-state index in [4.69, 9.17) is 5.84 Å². The highest BCUT2D eigenvalue weighted by Gasteiger charge is 2.15. The molecule has 4 N–H and O–H groups in total. The van der Waals surface area contributed by atoms with Crippen molar-refractivity contribution in [3.63, 3.8) is 0 Å². The van der Waals surface area contributed by atoms with Crippen LogP contribution in [0.25, 0.3) is 0 Å². The molecule has 0 atom stereocenters. The van der Waals surface area contributed by atoms with Crippen LogP contribution in [0, 0.1) is 0 Å². The first kappa shape index (κ1) is 15.4. The van der Waals surface area contributed by atoms with Crippen molar-refractivity contribution >= 4 is 11.6 Å². The van der Waals surface area contributed by atoms with Gasteiger partial charge in [-0.15, -0.1) is 0 Å². The monoisotopic (exact) mass is 265 g/mol. The number of nitrogens with one attached hydrogen (secondary N) is 2. The number of aromatic nitrogens is 2. The summed E-state index contributed by atoms with van der Waals surface area (Å²) in [5, 5.41) is 2.85. The average molecular weight is 265 g/mol. The summed E-state index contributed by atoms with van der Waals surface area (Å²) in [4.78, 5) is 20.5. The van der Waals surface area contributed by atoms with Crippen LogP contribution in [0.5, 0.6) is 0 Å². The Bertz CT molecular complexity index is 419. The molecular weight excluding hydrogens is 242 g/mol.